The molecule has 0 aromatic carbocycles. The normalized spacial score (nSPS) is 23.5. The minimum atomic E-state index is -1.13. The highest BCUT2D eigenvalue weighted by atomic mass is 16.7. The van der Waals surface area contributed by atoms with E-state index in [9.17, 15) is 19.7 Å². The van der Waals surface area contributed by atoms with Crippen molar-refractivity contribution in [1.82, 2.24) is 0 Å². The fourth-order valence-corrected chi connectivity index (χ4v) is 2.38. The van der Waals surface area contributed by atoms with Crippen molar-refractivity contribution < 1.29 is 19.4 Å². The van der Waals surface area contributed by atoms with Gasteiger partial charge in [-0.1, -0.05) is 6.42 Å². The zero-order chi connectivity index (χ0) is 14.3. The maximum Gasteiger partial charge on any atom is 0.319 e. The van der Waals surface area contributed by atoms with E-state index < -0.39 is 16.4 Å². The van der Waals surface area contributed by atoms with Gasteiger partial charge in [-0.05, 0) is 32.6 Å². The number of esters is 1. The predicted octanol–water partition coefficient (Wildman–Crippen LogP) is 1.72. The van der Waals surface area contributed by atoms with Gasteiger partial charge in [0.1, 0.15) is 11.2 Å². The molecule has 106 valence electrons. The van der Waals surface area contributed by atoms with Crippen molar-refractivity contribution >= 4 is 18.0 Å². The van der Waals surface area contributed by atoms with Gasteiger partial charge in [0.25, 0.3) is 0 Å². The summed E-state index contributed by atoms with van der Waals surface area (Å²) in [5.41, 5.74) is -1.13. The second-order valence-electron chi connectivity index (χ2n) is 4.51. The molecule has 1 saturated carbocycles. The highest BCUT2D eigenvalue weighted by Crippen LogP contribution is 2.38. The molecular formula is C12H18N2O5. The summed E-state index contributed by atoms with van der Waals surface area (Å²) in [4.78, 5) is 34.2. The third-order valence-electron chi connectivity index (χ3n) is 3.33. The van der Waals surface area contributed by atoms with Crippen molar-refractivity contribution in [3.05, 3.63) is 10.1 Å². The minimum Gasteiger partial charge on any atom is -0.465 e. The number of ether oxygens (including phenoxy) is 1. The Morgan fingerprint density at radius 1 is 1.58 bits per heavy atom. The molecule has 0 aromatic rings. The first-order chi connectivity index (χ1) is 9.03. The third-order valence-corrected chi connectivity index (χ3v) is 3.33. The highest BCUT2D eigenvalue weighted by Gasteiger charge is 2.47. The van der Waals surface area contributed by atoms with E-state index in [2.05, 4.69) is 5.10 Å². The second-order valence-corrected chi connectivity index (χ2v) is 4.51. The van der Waals surface area contributed by atoms with Crippen LogP contribution in [0.15, 0.2) is 5.10 Å². The van der Waals surface area contributed by atoms with Crippen LogP contribution in [-0.2, 0) is 14.3 Å². The van der Waals surface area contributed by atoms with E-state index in [1.165, 1.54) is 0 Å². The fourth-order valence-electron chi connectivity index (χ4n) is 2.38. The molecule has 1 fully saturated rings. The molecule has 7 heteroatoms. The number of hydrogen-bond donors (Lipinski definition) is 0. The molecular weight excluding hydrogens is 252 g/mol. The van der Waals surface area contributed by atoms with Gasteiger partial charge in [-0.2, -0.15) is 0 Å². The van der Waals surface area contributed by atoms with E-state index >= 15 is 0 Å². The van der Waals surface area contributed by atoms with Crippen LogP contribution in [0, 0.1) is 15.5 Å². The first kappa shape index (κ1) is 15.3. The summed E-state index contributed by atoms with van der Waals surface area (Å²) in [7, 11) is 0. The lowest BCUT2D eigenvalue weighted by Gasteiger charge is -2.32. The molecule has 0 aromatic heterocycles. The molecule has 0 amide bonds. The lowest BCUT2D eigenvalue weighted by molar-refractivity contribution is -0.484. The monoisotopic (exact) mass is 270 g/mol. The average Bonchev–Trinajstić information content (AvgIpc) is 2.37. The summed E-state index contributed by atoms with van der Waals surface area (Å²) in [5.74, 6) is -0.624. The Bertz CT molecular complexity index is 394. The zero-order valence-corrected chi connectivity index (χ0v) is 11.0. The Balaban J connectivity index is 2.77. The van der Waals surface area contributed by atoms with Crippen LogP contribution in [0.2, 0.25) is 0 Å². The number of Topliss-reactive ketones (excluding diaryl/α,β-unsaturated/α-hetero) is 1. The van der Waals surface area contributed by atoms with Gasteiger partial charge in [-0.3, -0.25) is 9.59 Å². The van der Waals surface area contributed by atoms with Crippen LogP contribution in [0.5, 0.6) is 0 Å². The Morgan fingerprint density at radius 3 is 2.89 bits per heavy atom. The summed E-state index contributed by atoms with van der Waals surface area (Å²) >= 11 is 0. The first-order valence-electron chi connectivity index (χ1n) is 6.40. The Kier molecular flexibility index (Phi) is 5.59. The Hall–Kier alpha value is -1.79. The molecule has 0 heterocycles. The summed E-state index contributed by atoms with van der Waals surface area (Å²) in [6.07, 6.45) is 3.96. The van der Waals surface area contributed by atoms with Gasteiger partial charge in [0, 0.05) is 6.42 Å². The maximum atomic E-state index is 12.1. The lowest BCUT2D eigenvalue weighted by atomic mass is 9.70. The van der Waals surface area contributed by atoms with Crippen molar-refractivity contribution in [3.8, 4) is 0 Å². The van der Waals surface area contributed by atoms with Crippen LogP contribution < -0.4 is 0 Å². The molecule has 0 radical (unpaired) electrons. The molecule has 0 N–H and O–H groups in total. The van der Waals surface area contributed by atoms with Crippen LogP contribution >= 0.6 is 0 Å². The van der Waals surface area contributed by atoms with E-state index in [0.717, 1.165) is 19.1 Å². The van der Waals surface area contributed by atoms with Crippen molar-refractivity contribution in [2.45, 2.75) is 45.4 Å². The topological polar surface area (TPSA) is 98.9 Å². The molecule has 1 aliphatic carbocycles. The Labute approximate surface area is 111 Å². The summed E-state index contributed by atoms with van der Waals surface area (Å²) in [5, 5.41) is 12.3. The van der Waals surface area contributed by atoms with Crippen LogP contribution in [-0.4, -0.2) is 29.6 Å². The van der Waals surface area contributed by atoms with Crippen molar-refractivity contribution in [1.29, 1.82) is 0 Å². The van der Waals surface area contributed by atoms with Gasteiger partial charge >= 0.3 is 5.97 Å². The van der Waals surface area contributed by atoms with Crippen LogP contribution in [0.25, 0.3) is 0 Å². The molecule has 7 nitrogen and oxygen atoms in total. The molecule has 0 spiro atoms. The van der Waals surface area contributed by atoms with Gasteiger partial charge in [0.2, 0.25) is 0 Å². The van der Waals surface area contributed by atoms with Crippen molar-refractivity contribution in [3.63, 3.8) is 0 Å². The molecule has 1 unspecified atom stereocenters. The largest absolute Gasteiger partial charge is 0.465 e. The smallest absolute Gasteiger partial charge is 0.319 e. The predicted molar refractivity (Wildman–Crippen MR) is 67.3 cm³/mol. The van der Waals surface area contributed by atoms with Gasteiger partial charge in [0.05, 0.1) is 17.9 Å². The molecule has 0 saturated heterocycles. The van der Waals surface area contributed by atoms with E-state index in [1.807, 2.05) is 0 Å². The van der Waals surface area contributed by atoms with E-state index in [0.29, 0.717) is 12.8 Å². The van der Waals surface area contributed by atoms with Crippen LogP contribution in [0.1, 0.15) is 45.4 Å². The number of carbonyl (C=O) groups is 2. The summed E-state index contributed by atoms with van der Waals surface area (Å²) < 4.78 is 5.00. The van der Waals surface area contributed by atoms with E-state index in [4.69, 9.17) is 4.74 Å². The highest BCUT2D eigenvalue weighted by molar-refractivity contribution is 6.04. The summed E-state index contributed by atoms with van der Waals surface area (Å²) in [6.45, 7) is 1.91. The zero-order valence-electron chi connectivity index (χ0n) is 11.0. The number of nitro groups is 1. The van der Waals surface area contributed by atoms with E-state index in [-0.39, 0.29) is 25.2 Å². The van der Waals surface area contributed by atoms with Crippen molar-refractivity contribution in [2.24, 2.45) is 10.5 Å². The molecule has 0 aliphatic heterocycles. The number of ketones is 1. The molecule has 0 bridgehead atoms. The second kappa shape index (κ2) is 6.96. The number of nitrogens with zero attached hydrogens (tertiary/aromatic N) is 2. The number of hydrazone groups is 1. The SMILES string of the molecule is CCOC(=O)C1(CC/C=N/[N+](=O)[O-])CCCCC1=O. The van der Waals surface area contributed by atoms with Gasteiger partial charge in [0.15, 0.2) is 5.03 Å². The minimum absolute atomic E-state index is 0.119. The Morgan fingerprint density at radius 2 is 2.32 bits per heavy atom. The third kappa shape index (κ3) is 3.84. The van der Waals surface area contributed by atoms with Crippen LogP contribution in [0.3, 0.4) is 0 Å². The fraction of sp³-hybridized carbons (Fsp3) is 0.750. The number of hydrogen-bond acceptors (Lipinski definition) is 5. The van der Waals surface area contributed by atoms with Crippen LogP contribution in [0.4, 0.5) is 0 Å². The van der Waals surface area contributed by atoms with E-state index in [1.54, 1.807) is 6.92 Å². The summed E-state index contributed by atoms with van der Waals surface area (Å²) in [6, 6.07) is 0. The number of rotatable bonds is 6. The van der Waals surface area contributed by atoms with Gasteiger partial charge in [-0.15, -0.1) is 0 Å². The molecule has 1 atom stereocenters. The molecule has 1 aliphatic rings. The maximum absolute atomic E-state index is 12.1. The molecule has 19 heavy (non-hydrogen) atoms. The standard InChI is InChI=1S/C12H18N2O5/c1-2-19-11(16)12(7-4-3-6-10(12)15)8-5-9-13-14(17)18/h9H,2-8H2,1H3/b13-9+. The lowest BCUT2D eigenvalue weighted by Crippen LogP contribution is -2.43. The molecule has 1 rings (SSSR count). The van der Waals surface area contributed by atoms with Gasteiger partial charge < -0.3 is 4.74 Å². The quantitative estimate of drug-likeness (QED) is 0.240. The number of carbonyl (C=O) groups excluding carboxylic acids is 2. The van der Waals surface area contributed by atoms with Gasteiger partial charge in [-0.25, -0.2) is 10.1 Å². The van der Waals surface area contributed by atoms with Crippen molar-refractivity contribution in [2.75, 3.05) is 6.61 Å². The first-order valence-corrected chi connectivity index (χ1v) is 6.40. The average molecular weight is 270 g/mol.